The number of nitrogens with zero attached hydrogens (tertiary/aromatic N) is 1. The molecule has 1 aromatic rings. The lowest BCUT2D eigenvalue weighted by Gasteiger charge is -2.28. The Balaban J connectivity index is 2.16. The molecule has 0 heterocycles. The van der Waals surface area contributed by atoms with E-state index < -0.39 is 19.8 Å². The van der Waals surface area contributed by atoms with Crippen LogP contribution in [0.1, 0.15) is 97.1 Å². The molecule has 0 fully saturated rings. The van der Waals surface area contributed by atoms with Crippen LogP contribution in [0.4, 0.5) is 5.69 Å². The minimum atomic E-state index is -2.51. The quantitative estimate of drug-likeness (QED) is 0.0645. The van der Waals surface area contributed by atoms with Gasteiger partial charge in [0.25, 0.3) is 5.69 Å². The zero-order valence-corrected chi connectivity index (χ0v) is 22.4. The molecule has 0 saturated heterocycles. The third-order valence-electron chi connectivity index (χ3n) is 5.59. The van der Waals surface area contributed by atoms with E-state index >= 15 is 0 Å². The fourth-order valence-electron chi connectivity index (χ4n) is 3.99. The number of para-hydroxylation sites is 1. The summed E-state index contributed by atoms with van der Waals surface area (Å²) in [6.45, 7) is 9.46. The van der Waals surface area contributed by atoms with Crippen molar-refractivity contribution in [2.24, 2.45) is 0 Å². The summed E-state index contributed by atoms with van der Waals surface area (Å²) in [6, 6.07) is 7.24. The number of unbranched alkanes of at least 4 members (excludes halogenated alkanes) is 7. The van der Waals surface area contributed by atoms with E-state index in [0.717, 1.165) is 44.6 Å². The highest BCUT2D eigenvalue weighted by molar-refractivity contribution is 6.60. The van der Waals surface area contributed by atoms with E-state index in [1.165, 1.54) is 18.9 Å². The highest BCUT2D eigenvalue weighted by Crippen LogP contribution is 2.27. The van der Waals surface area contributed by atoms with Crippen LogP contribution in [0, 0.1) is 10.1 Å². The molecule has 0 aliphatic rings. The Hall–Kier alpha value is -1.81. The molecule has 1 aromatic carbocycles. The predicted octanol–water partition coefficient (Wildman–Crippen LogP) is 6.76. The van der Waals surface area contributed by atoms with E-state index in [-0.39, 0.29) is 11.7 Å². The Morgan fingerprint density at radius 2 is 1.38 bits per heavy atom. The van der Waals surface area contributed by atoms with Gasteiger partial charge in [-0.2, -0.15) is 0 Å². The molecule has 0 N–H and O–H groups in total. The average molecular weight is 498 g/mol. The highest BCUT2D eigenvalue weighted by atomic mass is 28.4. The molecule has 0 saturated carbocycles. The zero-order chi connectivity index (χ0) is 25.2. The van der Waals surface area contributed by atoms with Gasteiger partial charge in [-0.25, -0.2) is 0 Å². The minimum absolute atomic E-state index is 0.0236. The Bertz CT molecular complexity index is 699. The molecule has 9 heteroatoms. The first-order valence-electron chi connectivity index (χ1n) is 12.7. The van der Waals surface area contributed by atoms with Crippen LogP contribution in [0.25, 0.3) is 0 Å². The SMILES string of the molecule is CCO[Si](CCCCCCCCCCC(=O)OC(C)c1ccccc1[N+](=O)[O-])(OCC)OCC. The van der Waals surface area contributed by atoms with Gasteiger partial charge in [0.05, 0.1) is 10.5 Å². The van der Waals surface area contributed by atoms with Crippen molar-refractivity contribution in [1.82, 2.24) is 0 Å². The molecule has 0 bridgehead atoms. The first-order valence-corrected chi connectivity index (χ1v) is 14.7. The van der Waals surface area contributed by atoms with Crippen molar-refractivity contribution in [2.45, 2.75) is 97.6 Å². The van der Waals surface area contributed by atoms with Gasteiger partial charge in [0.2, 0.25) is 0 Å². The van der Waals surface area contributed by atoms with Crippen LogP contribution in [-0.2, 0) is 22.8 Å². The van der Waals surface area contributed by atoms with E-state index in [2.05, 4.69) is 0 Å². The number of rotatable bonds is 20. The van der Waals surface area contributed by atoms with Gasteiger partial charge in [-0.1, -0.05) is 50.7 Å². The number of benzene rings is 1. The summed E-state index contributed by atoms with van der Waals surface area (Å²) in [5, 5.41) is 11.1. The van der Waals surface area contributed by atoms with E-state index in [9.17, 15) is 14.9 Å². The van der Waals surface area contributed by atoms with Gasteiger partial charge in [-0.05, 0) is 46.6 Å². The lowest BCUT2D eigenvalue weighted by Crippen LogP contribution is -2.45. The normalized spacial score (nSPS) is 12.5. The summed E-state index contributed by atoms with van der Waals surface area (Å²) >= 11 is 0. The molecule has 8 nitrogen and oxygen atoms in total. The van der Waals surface area contributed by atoms with Gasteiger partial charge in [-0.15, -0.1) is 0 Å². The standard InChI is InChI=1S/C25H43NO7Si/c1-5-30-34(31-6-2,32-7-3)21-17-13-11-9-8-10-12-14-20-25(27)33-22(4)23-18-15-16-19-24(23)26(28)29/h15-16,18-19,22H,5-14,17,20-21H2,1-4H3. The van der Waals surface area contributed by atoms with E-state index in [0.29, 0.717) is 31.8 Å². The summed E-state index contributed by atoms with van der Waals surface area (Å²) in [5.41, 5.74) is 0.397. The monoisotopic (exact) mass is 497 g/mol. The van der Waals surface area contributed by atoms with Gasteiger partial charge in [-0.3, -0.25) is 14.9 Å². The summed E-state index contributed by atoms with van der Waals surface area (Å²) in [5.74, 6) is -0.309. The van der Waals surface area contributed by atoms with Crippen molar-refractivity contribution >= 4 is 20.5 Å². The Morgan fingerprint density at radius 1 is 0.882 bits per heavy atom. The number of nitro groups is 1. The van der Waals surface area contributed by atoms with Crippen LogP contribution in [0.5, 0.6) is 0 Å². The van der Waals surface area contributed by atoms with E-state index in [1.807, 2.05) is 20.8 Å². The number of carbonyl (C=O) groups excluding carboxylic acids is 1. The molecule has 0 radical (unpaired) electrons. The summed E-state index contributed by atoms with van der Waals surface area (Å²) < 4.78 is 23.1. The molecule has 1 atom stereocenters. The Morgan fingerprint density at radius 3 is 1.91 bits per heavy atom. The third kappa shape index (κ3) is 11.5. The van der Waals surface area contributed by atoms with Crippen LogP contribution in [-0.4, -0.2) is 39.5 Å². The molecule has 0 aromatic heterocycles. The number of nitro benzene ring substituents is 1. The minimum Gasteiger partial charge on any atom is -0.458 e. The number of carbonyl (C=O) groups is 1. The summed E-state index contributed by atoms with van der Waals surface area (Å²) in [7, 11) is -2.51. The van der Waals surface area contributed by atoms with Crippen LogP contribution in [0.3, 0.4) is 0 Å². The predicted molar refractivity (Wildman–Crippen MR) is 135 cm³/mol. The molecule has 194 valence electrons. The van der Waals surface area contributed by atoms with Gasteiger partial charge in [0.1, 0.15) is 6.10 Å². The van der Waals surface area contributed by atoms with E-state index in [4.69, 9.17) is 18.0 Å². The number of ether oxygens (including phenoxy) is 1. The van der Waals surface area contributed by atoms with Crippen molar-refractivity contribution in [3.05, 3.63) is 39.9 Å². The van der Waals surface area contributed by atoms with Crippen molar-refractivity contribution in [3.63, 3.8) is 0 Å². The topological polar surface area (TPSA) is 97.1 Å². The maximum absolute atomic E-state index is 12.1. The number of hydrogen-bond acceptors (Lipinski definition) is 7. The lowest BCUT2D eigenvalue weighted by atomic mass is 10.1. The molecule has 1 rings (SSSR count). The van der Waals surface area contributed by atoms with Gasteiger partial charge in [0.15, 0.2) is 0 Å². The maximum Gasteiger partial charge on any atom is 0.500 e. The van der Waals surface area contributed by atoms with E-state index in [1.54, 1.807) is 25.1 Å². The van der Waals surface area contributed by atoms with Crippen molar-refractivity contribution in [1.29, 1.82) is 0 Å². The van der Waals surface area contributed by atoms with Crippen molar-refractivity contribution in [3.8, 4) is 0 Å². The van der Waals surface area contributed by atoms with Crippen LogP contribution >= 0.6 is 0 Å². The fraction of sp³-hybridized carbons (Fsp3) is 0.720. The zero-order valence-electron chi connectivity index (χ0n) is 21.4. The highest BCUT2D eigenvalue weighted by Gasteiger charge is 2.39. The number of hydrogen-bond donors (Lipinski definition) is 0. The lowest BCUT2D eigenvalue weighted by molar-refractivity contribution is -0.386. The molecule has 0 spiro atoms. The first kappa shape index (κ1) is 30.2. The molecule has 0 aliphatic carbocycles. The summed E-state index contributed by atoms with van der Waals surface area (Å²) in [4.78, 5) is 22.8. The second-order valence-electron chi connectivity index (χ2n) is 8.26. The van der Waals surface area contributed by atoms with Crippen molar-refractivity contribution in [2.75, 3.05) is 19.8 Å². The summed E-state index contributed by atoms with van der Waals surface area (Å²) in [6.07, 6.45) is 8.21. The first-order chi connectivity index (χ1) is 16.4. The number of esters is 1. The average Bonchev–Trinajstić information content (AvgIpc) is 2.80. The van der Waals surface area contributed by atoms with Crippen LogP contribution < -0.4 is 0 Å². The largest absolute Gasteiger partial charge is 0.500 e. The van der Waals surface area contributed by atoms with Gasteiger partial charge in [0, 0.05) is 38.4 Å². The fourth-order valence-corrected chi connectivity index (χ4v) is 6.68. The second kappa shape index (κ2) is 17.6. The Kier molecular flexibility index (Phi) is 15.6. The molecular formula is C25H43NO7Si. The maximum atomic E-state index is 12.1. The molecule has 0 aliphatic heterocycles. The second-order valence-corrected chi connectivity index (χ2v) is 11.0. The molecular weight excluding hydrogens is 454 g/mol. The smallest absolute Gasteiger partial charge is 0.458 e. The van der Waals surface area contributed by atoms with Crippen LogP contribution in [0.2, 0.25) is 6.04 Å². The molecule has 1 unspecified atom stereocenters. The van der Waals surface area contributed by atoms with Crippen molar-refractivity contribution < 1.29 is 27.7 Å². The molecule has 34 heavy (non-hydrogen) atoms. The van der Waals surface area contributed by atoms with Crippen LogP contribution in [0.15, 0.2) is 24.3 Å². The Labute approximate surface area is 205 Å². The van der Waals surface area contributed by atoms with Gasteiger partial charge >= 0.3 is 14.8 Å². The third-order valence-corrected chi connectivity index (χ3v) is 8.74. The van der Waals surface area contributed by atoms with Gasteiger partial charge < -0.3 is 18.0 Å². The molecule has 0 amide bonds.